The van der Waals surface area contributed by atoms with Gasteiger partial charge in [0.2, 0.25) is 5.56 Å². The number of amides is 2. The zero-order valence-corrected chi connectivity index (χ0v) is 17.5. The Kier molecular flexibility index (Phi) is 5.79. The summed E-state index contributed by atoms with van der Waals surface area (Å²) in [6.07, 6.45) is -3.68. The topological polar surface area (TPSA) is 98.4 Å². The van der Waals surface area contributed by atoms with Crippen molar-refractivity contribution in [2.24, 2.45) is 0 Å². The van der Waals surface area contributed by atoms with Crippen molar-refractivity contribution in [1.29, 1.82) is 0 Å². The summed E-state index contributed by atoms with van der Waals surface area (Å²) in [6, 6.07) is 9.86. The molecule has 1 aliphatic rings. The zero-order chi connectivity index (χ0) is 23.8. The summed E-state index contributed by atoms with van der Waals surface area (Å²) in [7, 11) is 0. The Balaban J connectivity index is 1.39. The number of fused-ring (bicyclic) bond motifs is 1. The highest BCUT2D eigenvalue weighted by Crippen LogP contribution is 2.30. The summed E-state index contributed by atoms with van der Waals surface area (Å²) in [4.78, 5) is 46.3. The largest absolute Gasteiger partial charge is 0.417 e. The number of nitrogens with zero attached hydrogens (tertiary/aromatic N) is 3. The van der Waals surface area contributed by atoms with Gasteiger partial charge in [0.1, 0.15) is 5.82 Å². The van der Waals surface area contributed by atoms with E-state index in [1.54, 1.807) is 36.1 Å². The predicted octanol–water partition coefficient (Wildman–Crippen LogP) is 2.62. The average Bonchev–Trinajstić information content (AvgIpc) is 2.78. The molecule has 172 valence electrons. The van der Waals surface area contributed by atoms with Gasteiger partial charge in [0, 0.05) is 54.5 Å². The molecule has 3 aromatic rings. The molecule has 3 heterocycles. The number of rotatable bonds is 2. The van der Waals surface area contributed by atoms with E-state index in [0.29, 0.717) is 29.0 Å². The molecule has 2 amide bonds. The molecule has 0 spiro atoms. The first-order valence-corrected chi connectivity index (χ1v) is 10.1. The molecule has 4 rings (SSSR count). The van der Waals surface area contributed by atoms with Gasteiger partial charge >= 0.3 is 18.0 Å². The van der Waals surface area contributed by atoms with Crippen molar-refractivity contribution < 1.29 is 22.8 Å². The van der Waals surface area contributed by atoms with Crippen molar-refractivity contribution in [3.63, 3.8) is 0 Å². The number of aromatic nitrogens is 2. The third-order valence-corrected chi connectivity index (χ3v) is 5.46. The third-order valence-electron chi connectivity index (χ3n) is 5.46. The molecule has 11 heteroatoms. The number of benzene rings is 1. The van der Waals surface area contributed by atoms with Gasteiger partial charge in [-0.05, 0) is 43.3 Å². The number of carbonyl (C=O) groups is 2. The number of halogens is 3. The van der Waals surface area contributed by atoms with Crippen LogP contribution in [0, 0.1) is 0 Å². The number of H-pyrrole nitrogens is 1. The molecular formula is C22H20F3N5O3. The zero-order valence-electron chi connectivity index (χ0n) is 17.5. The number of piperazine rings is 1. The van der Waals surface area contributed by atoms with Crippen molar-refractivity contribution in [2.45, 2.75) is 19.1 Å². The van der Waals surface area contributed by atoms with E-state index in [0.717, 1.165) is 12.3 Å². The van der Waals surface area contributed by atoms with Crippen molar-refractivity contribution in [2.75, 3.05) is 29.9 Å². The van der Waals surface area contributed by atoms with E-state index in [2.05, 4.69) is 15.3 Å². The first-order chi connectivity index (χ1) is 15.6. The van der Waals surface area contributed by atoms with E-state index in [9.17, 15) is 27.6 Å². The molecular weight excluding hydrogens is 439 g/mol. The summed E-state index contributed by atoms with van der Waals surface area (Å²) >= 11 is 0. The second-order valence-corrected chi connectivity index (χ2v) is 7.78. The lowest BCUT2D eigenvalue weighted by Gasteiger charge is -2.40. The second kappa shape index (κ2) is 8.57. The molecule has 0 aliphatic carbocycles. The molecule has 0 saturated carbocycles. The van der Waals surface area contributed by atoms with Crippen LogP contribution < -0.4 is 15.8 Å². The van der Waals surface area contributed by atoms with Crippen molar-refractivity contribution in [1.82, 2.24) is 14.9 Å². The fourth-order valence-corrected chi connectivity index (χ4v) is 3.77. The van der Waals surface area contributed by atoms with Gasteiger partial charge < -0.3 is 20.1 Å². The van der Waals surface area contributed by atoms with Gasteiger partial charge in [-0.1, -0.05) is 0 Å². The molecule has 8 nitrogen and oxygen atoms in total. The van der Waals surface area contributed by atoms with E-state index in [4.69, 9.17) is 0 Å². The van der Waals surface area contributed by atoms with E-state index in [1.807, 2.05) is 0 Å². The lowest BCUT2D eigenvalue weighted by atomic mass is 10.1. The monoisotopic (exact) mass is 459 g/mol. The van der Waals surface area contributed by atoms with Crippen LogP contribution in [0.2, 0.25) is 0 Å². The van der Waals surface area contributed by atoms with Gasteiger partial charge in [0.05, 0.1) is 5.56 Å². The van der Waals surface area contributed by atoms with Crippen LogP contribution in [0.5, 0.6) is 0 Å². The van der Waals surface area contributed by atoms with Gasteiger partial charge in [-0.15, -0.1) is 0 Å². The van der Waals surface area contributed by atoms with Crippen LogP contribution in [0.15, 0.2) is 53.5 Å². The van der Waals surface area contributed by atoms with E-state index in [1.165, 1.54) is 17.0 Å². The highest BCUT2D eigenvalue weighted by molar-refractivity contribution is 6.39. The van der Waals surface area contributed by atoms with Gasteiger partial charge in [-0.2, -0.15) is 13.2 Å². The SMILES string of the molecule is C[C@@H]1CN(C(=O)C(=O)Nc2ccc3[nH]c(=O)ccc3c2)CCN1c1ccc(C(F)(F)F)cn1. The number of alkyl halides is 3. The number of nitrogens with one attached hydrogen (secondary N) is 2. The summed E-state index contributed by atoms with van der Waals surface area (Å²) in [5.41, 5.74) is -0.0548. The molecule has 0 radical (unpaired) electrons. The highest BCUT2D eigenvalue weighted by atomic mass is 19.4. The van der Waals surface area contributed by atoms with Crippen LogP contribution in [0.25, 0.3) is 10.9 Å². The lowest BCUT2D eigenvalue weighted by molar-refractivity contribution is -0.143. The Morgan fingerprint density at radius 2 is 1.91 bits per heavy atom. The second-order valence-electron chi connectivity index (χ2n) is 7.78. The predicted molar refractivity (Wildman–Crippen MR) is 116 cm³/mol. The molecule has 2 N–H and O–H groups in total. The van der Waals surface area contributed by atoms with Crippen LogP contribution in [0.1, 0.15) is 12.5 Å². The molecule has 1 aliphatic heterocycles. The lowest BCUT2D eigenvalue weighted by Crippen LogP contribution is -2.56. The van der Waals surface area contributed by atoms with Gasteiger partial charge in [-0.25, -0.2) is 4.98 Å². The van der Waals surface area contributed by atoms with Gasteiger partial charge in [0.25, 0.3) is 0 Å². The van der Waals surface area contributed by atoms with E-state index < -0.39 is 23.6 Å². The number of carbonyl (C=O) groups excluding carboxylic acids is 2. The first-order valence-electron chi connectivity index (χ1n) is 10.1. The van der Waals surface area contributed by atoms with Crippen LogP contribution in [0.4, 0.5) is 24.7 Å². The number of anilines is 2. The summed E-state index contributed by atoms with van der Waals surface area (Å²) in [6.45, 7) is 2.56. The van der Waals surface area contributed by atoms with Crippen LogP contribution >= 0.6 is 0 Å². The summed E-state index contributed by atoms with van der Waals surface area (Å²) in [5, 5.41) is 3.27. The third kappa shape index (κ3) is 4.81. The van der Waals surface area contributed by atoms with Crippen LogP contribution in [-0.4, -0.2) is 52.4 Å². The highest BCUT2D eigenvalue weighted by Gasteiger charge is 2.33. The summed E-state index contributed by atoms with van der Waals surface area (Å²) < 4.78 is 38.3. The van der Waals surface area contributed by atoms with Crippen molar-refractivity contribution >= 4 is 34.2 Å². The Morgan fingerprint density at radius 1 is 1.12 bits per heavy atom. The van der Waals surface area contributed by atoms with Crippen LogP contribution in [0.3, 0.4) is 0 Å². The number of aromatic amines is 1. The first kappa shape index (κ1) is 22.3. The molecule has 0 unspecified atom stereocenters. The average molecular weight is 459 g/mol. The standard InChI is InChI=1S/C22H20F3N5O3/c1-13-12-29(8-9-30(13)18-6-3-15(11-26-18)22(23,24)25)21(33)20(32)27-16-4-5-17-14(10-16)2-7-19(31)28-17/h2-7,10-11,13H,8-9,12H2,1H3,(H,27,32)(H,28,31)/t13-/m1/s1. The number of hydrogen-bond acceptors (Lipinski definition) is 5. The Labute approximate surface area is 186 Å². The Morgan fingerprint density at radius 3 is 2.58 bits per heavy atom. The number of pyridine rings is 2. The molecule has 0 bridgehead atoms. The van der Waals surface area contributed by atoms with Crippen LogP contribution in [-0.2, 0) is 15.8 Å². The Hall–Kier alpha value is -3.89. The Bertz CT molecular complexity index is 1260. The minimum Gasteiger partial charge on any atom is -0.350 e. The normalized spacial score (nSPS) is 16.7. The maximum Gasteiger partial charge on any atom is 0.417 e. The van der Waals surface area contributed by atoms with Crippen molar-refractivity contribution in [3.05, 3.63) is 64.6 Å². The maximum atomic E-state index is 12.8. The molecule has 33 heavy (non-hydrogen) atoms. The smallest absolute Gasteiger partial charge is 0.350 e. The quantitative estimate of drug-likeness (QED) is 0.574. The van der Waals surface area contributed by atoms with Crippen molar-refractivity contribution in [3.8, 4) is 0 Å². The molecule has 1 fully saturated rings. The van der Waals surface area contributed by atoms with Gasteiger partial charge in [0.15, 0.2) is 0 Å². The summed E-state index contributed by atoms with van der Waals surface area (Å²) in [5.74, 6) is -1.13. The minimum absolute atomic E-state index is 0.216. The fourth-order valence-electron chi connectivity index (χ4n) is 3.77. The molecule has 2 aromatic heterocycles. The minimum atomic E-state index is -4.46. The number of hydrogen-bond donors (Lipinski definition) is 2. The molecule has 1 aromatic carbocycles. The molecule has 1 saturated heterocycles. The van der Waals surface area contributed by atoms with E-state index >= 15 is 0 Å². The van der Waals surface area contributed by atoms with E-state index in [-0.39, 0.29) is 24.7 Å². The fraction of sp³-hybridized carbons (Fsp3) is 0.273. The molecule has 1 atom stereocenters. The maximum absolute atomic E-state index is 12.8. The van der Waals surface area contributed by atoms with Gasteiger partial charge in [-0.3, -0.25) is 14.4 Å².